The molecular weight excluding hydrogens is 463 g/mol. The van der Waals surface area contributed by atoms with Gasteiger partial charge >= 0.3 is 0 Å². The van der Waals surface area contributed by atoms with E-state index in [1.54, 1.807) is 48.3 Å². The highest BCUT2D eigenvalue weighted by atomic mass is 35.5. The number of thioether (sulfide) groups is 1. The third-order valence-electron chi connectivity index (χ3n) is 4.67. The van der Waals surface area contributed by atoms with Crippen molar-refractivity contribution in [1.82, 2.24) is 14.9 Å². The van der Waals surface area contributed by atoms with Crippen LogP contribution in [0.1, 0.15) is 16.7 Å². The van der Waals surface area contributed by atoms with E-state index in [0.717, 1.165) is 11.1 Å². The van der Waals surface area contributed by atoms with E-state index in [0.29, 0.717) is 33.0 Å². The van der Waals surface area contributed by atoms with E-state index >= 15 is 0 Å². The Labute approximate surface area is 200 Å². The number of ether oxygens (including phenoxy) is 2. The quantitative estimate of drug-likeness (QED) is 0.222. The van der Waals surface area contributed by atoms with Crippen LogP contribution in [-0.2, 0) is 12.4 Å². The number of nitrogens with zero attached hydrogens (tertiary/aromatic N) is 4. The van der Waals surface area contributed by atoms with Crippen molar-refractivity contribution >= 4 is 29.6 Å². The Morgan fingerprint density at radius 3 is 2.64 bits per heavy atom. The fourth-order valence-corrected chi connectivity index (χ4v) is 4.08. The van der Waals surface area contributed by atoms with Crippen molar-refractivity contribution in [2.24, 2.45) is 5.10 Å². The molecule has 0 aliphatic carbocycles. The third kappa shape index (κ3) is 5.91. The lowest BCUT2D eigenvalue weighted by Gasteiger charge is -2.11. The topological polar surface area (TPSA) is 61.5 Å². The summed E-state index contributed by atoms with van der Waals surface area (Å²) in [5, 5.41) is 13.9. The Balaban J connectivity index is 1.43. The maximum atomic E-state index is 13.8. The summed E-state index contributed by atoms with van der Waals surface area (Å²) in [6, 6.07) is 19.6. The molecule has 0 saturated heterocycles. The van der Waals surface area contributed by atoms with Gasteiger partial charge in [-0.05, 0) is 41.5 Å². The molecule has 0 aliphatic heterocycles. The van der Waals surface area contributed by atoms with Crippen LogP contribution in [0, 0.1) is 5.82 Å². The van der Waals surface area contributed by atoms with Gasteiger partial charge in [-0.2, -0.15) is 9.78 Å². The number of aromatic nitrogens is 3. The first-order chi connectivity index (χ1) is 16.1. The lowest BCUT2D eigenvalue weighted by atomic mass is 10.2. The largest absolute Gasteiger partial charge is 0.493 e. The van der Waals surface area contributed by atoms with Crippen LogP contribution in [0.3, 0.4) is 0 Å². The molecule has 1 heterocycles. The van der Waals surface area contributed by atoms with Gasteiger partial charge in [0.05, 0.1) is 13.3 Å². The molecule has 168 valence electrons. The number of methoxy groups -OCH3 is 1. The number of hydrogen-bond donors (Lipinski definition) is 0. The minimum atomic E-state index is -0.308. The van der Waals surface area contributed by atoms with Crippen LogP contribution in [0.5, 0.6) is 11.5 Å². The van der Waals surface area contributed by atoms with Crippen molar-refractivity contribution in [1.29, 1.82) is 0 Å². The zero-order chi connectivity index (χ0) is 23.0. The average Bonchev–Trinajstić information content (AvgIpc) is 3.29. The maximum absolute atomic E-state index is 13.8. The summed E-state index contributed by atoms with van der Waals surface area (Å²) in [4.78, 5) is 0. The van der Waals surface area contributed by atoms with E-state index in [1.807, 2.05) is 30.3 Å². The van der Waals surface area contributed by atoms with Crippen LogP contribution in [0.4, 0.5) is 4.39 Å². The fraction of sp³-hybridized carbons (Fsp3) is 0.125. The molecule has 0 amide bonds. The molecule has 0 fully saturated rings. The van der Waals surface area contributed by atoms with Gasteiger partial charge in [-0.15, -0.1) is 10.2 Å². The molecule has 0 bridgehead atoms. The van der Waals surface area contributed by atoms with Crippen molar-refractivity contribution in [3.05, 3.63) is 101 Å². The van der Waals surface area contributed by atoms with Gasteiger partial charge in [-0.1, -0.05) is 59.8 Å². The molecule has 0 spiro atoms. The summed E-state index contributed by atoms with van der Waals surface area (Å²) in [6.45, 7) is 0.100. The number of halogens is 2. The summed E-state index contributed by atoms with van der Waals surface area (Å²) in [6.07, 6.45) is 3.21. The molecule has 6 nitrogen and oxygen atoms in total. The van der Waals surface area contributed by atoms with Crippen molar-refractivity contribution in [2.75, 3.05) is 7.11 Å². The Morgan fingerprint density at radius 1 is 1.06 bits per heavy atom. The second-order valence-corrected chi connectivity index (χ2v) is 8.22. The van der Waals surface area contributed by atoms with Crippen LogP contribution in [-0.4, -0.2) is 28.2 Å². The average molecular weight is 483 g/mol. The predicted octanol–water partition coefficient (Wildman–Crippen LogP) is 5.83. The number of benzene rings is 3. The van der Waals surface area contributed by atoms with Crippen LogP contribution in [0.15, 0.2) is 83.3 Å². The zero-order valence-corrected chi connectivity index (χ0v) is 19.3. The van der Waals surface area contributed by atoms with Gasteiger partial charge in [0.1, 0.15) is 18.8 Å². The minimum absolute atomic E-state index is 0.100. The molecule has 0 atom stereocenters. The van der Waals surface area contributed by atoms with Gasteiger partial charge in [-0.25, -0.2) is 4.39 Å². The van der Waals surface area contributed by atoms with Crippen molar-refractivity contribution < 1.29 is 13.9 Å². The Hall–Kier alpha value is -3.36. The molecule has 0 saturated carbocycles. The molecular formula is C24H20ClFN4O2S. The third-order valence-corrected chi connectivity index (χ3v) is 6.03. The fourth-order valence-electron chi connectivity index (χ4n) is 2.93. The summed E-state index contributed by atoms with van der Waals surface area (Å²) in [7, 11) is 1.55. The summed E-state index contributed by atoms with van der Waals surface area (Å²) < 4.78 is 26.6. The summed E-state index contributed by atoms with van der Waals surface area (Å²) >= 11 is 7.71. The van der Waals surface area contributed by atoms with Crippen molar-refractivity contribution in [2.45, 2.75) is 17.5 Å². The Kier molecular flexibility index (Phi) is 7.59. The molecule has 0 radical (unpaired) electrons. The second kappa shape index (κ2) is 11.0. The van der Waals surface area contributed by atoms with Crippen molar-refractivity contribution in [3.8, 4) is 11.5 Å². The van der Waals surface area contributed by atoms with E-state index in [2.05, 4.69) is 15.3 Å². The van der Waals surface area contributed by atoms with E-state index in [1.165, 1.54) is 24.2 Å². The highest BCUT2D eigenvalue weighted by Gasteiger charge is 2.09. The highest BCUT2D eigenvalue weighted by Crippen LogP contribution is 2.29. The van der Waals surface area contributed by atoms with E-state index in [4.69, 9.17) is 21.1 Å². The normalized spacial score (nSPS) is 11.1. The van der Waals surface area contributed by atoms with E-state index in [9.17, 15) is 4.39 Å². The molecule has 9 heteroatoms. The van der Waals surface area contributed by atoms with Crippen LogP contribution in [0.25, 0.3) is 0 Å². The van der Waals surface area contributed by atoms with Gasteiger partial charge < -0.3 is 9.47 Å². The summed E-state index contributed by atoms with van der Waals surface area (Å²) in [5.41, 5.74) is 2.28. The predicted molar refractivity (Wildman–Crippen MR) is 128 cm³/mol. The Morgan fingerprint density at radius 2 is 1.85 bits per heavy atom. The molecule has 0 aliphatic rings. The molecule has 33 heavy (non-hydrogen) atoms. The van der Waals surface area contributed by atoms with Crippen LogP contribution < -0.4 is 9.47 Å². The first-order valence-electron chi connectivity index (χ1n) is 9.99. The number of rotatable bonds is 9. The smallest absolute Gasteiger partial charge is 0.212 e. The van der Waals surface area contributed by atoms with E-state index < -0.39 is 0 Å². The lowest BCUT2D eigenvalue weighted by Crippen LogP contribution is -2.00. The monoisotopic (exact) mass is 482 g/mol. The zero-order valence-electron chi connectivity index (χ0n) is 17.7. The molecule has 0 unspecified atom stereocenters. The minimum Gasteiger partial charge on any atom is -0.493 e. The van der Waals surface area contributed by atoms with Gasteiger partial charge in [0.25, 0.3) is 0 Å². The summed E-state index contributed by atoms with van der Waals surface area (Å²) in [5.74, 6) is 1.37. The molecule has 4 aromatic rings. The molecule has 0 N–H and O–H groups in total. The van der Waals surface area contributed by atoms with E-state index in [-0.39, 0.29) is 12.4 Å². The highest BCUT2D eigenvalue weighted by molar-refractivity contribution is 7.98. The van der Waals surface area contributed by atoms with Gasteiger partial charge in [-0.3, -0.25) is 0 Å². The van der Waals surface area contributed by atoms with Gasteiger partial charge in [0.2, 0.25) is 5.16 Å². The first-order valence-corrected chi connectivity index (χ1v) is 11.3. The molecule has 4 rings (SSSR count). The maximum Gasteiger partial charge on any atom is 0.212 e. The standard InChI is InChI=1S/C24H20ClFN4O2S/c1-31-23-12-17(10-11-22(23)32-14-18-6-3-5-9-21(18)26)13-28-30-16-27-29-24(30)33-15-19-7-2-4-8-20(19)25/h2-13,16H,14-15H2,1H3/b28-13+. The molecule has 1 aromatic heterocycles. The van der Waals surface area contributed by atoms with Crippen LogP contribution in [0.2, 0.25) is 5.02 Å². The van der Waals surface area contributed by atoms with Gasteiger partial charge in [0, 0.05) is 16.3 Å². The Bertz CT molecular complexity index is 1260. The lowest BCUT2D eigenvalue weighted by molar-refractivity contribution is 0.279. The second-order valence-electron chi connectivity index (χ2n) is 6.87. The van der Waals surface area contributed by atoms with Crippen LogP contribution >= 0.6 is 23.4 Å². The SMILES string of the molecule is COc1cc(/C=N/n2cnnc2SCc2ccccc2Cl)ccc1OCc1ccccc1F. The molecule has 3 aromatic carbocycles. The van der Waals surface area contributed by atoms with Gasteiger partial charge in [0.15, 0.2) is 11.5 Å². The number of hydrogen-bond acceptors (Lipinski definition) is 6. The van der Waals surface area contributed by atoms with Crippen molar-refractivity contribution in [3.63, 3.8) is 0 Å². The first kappa shape index (κ1) is 22.8.